The van der Waals surface area contributed by atoms with Gasteiger partial charge in [-0.25, -0.2) is 4.98 Å². The SMILES string of the molecule is COc1ccc(C(=O)Nc2cccc(C#Cc3ccccn3)c2)cc1. The molecule has 122 valence electrons. The van der Waals surface area contributed by atoms with Crippen LogP contribution in [0.15, 0.2) is 72.9 Å². The minimum absolute atomic E-state index is 0.183. The molecule has 0 bridgehead atoms. The molecule has 25 heavy (non-hydrogen) atoms. The van der Waals surface area contributed by atoms with Crippen molar-refractivity contribution < 1.29 is 9.53 Å². The first-order valence-electron chi connectivity index (χ1n) is 7.73. The second-order valence-corrected chi connectivity index (χ2v) is 5.23. The lowest BCUT2D eigenvalue weighted by Crippen LogP contribution is -2.11. The second-order valence-electron chi connectivity index (χ2n) is 5.23. The van der Waals surface area contributed by atoms with E-state index in [-0.39, 0.29) is 5.91 Å². The van der Waals surface area contributed by atoms with Crippen LogP contribution in [-0.4, -0.2) is 18.0 Å². The lowest BCUT2D eigenvalue weighted by atomic mass is 10.1. The van der Waals surface area contributed by atoms with E-state index in [1.54, 1.807) is 37.6 Å². The summed E-state index contributed by atoms with van der Waals surface area (Å²) in [5.74, 6) is 6.58. The van der Waals surface area contributed by atoms with Gasteiger partial charge in [0, 0.05) is 23.0 Å². The van der Waals surface area contributed by atoms with Crippen LogP contribution in [0.4, 0.5) is 5.69 Å². The number of aromatic nitrogens is 1. The maximum absolute atomic E-state index is 12.3. The Hall–Kier alpha value is -3.58. The fourth-order valence-electron chi connectivity index (χ4n) is 2.19. The quantitative estimate of drug-likeness (QED) is 0.745. The Bertz CT molecular complexity index is 923. The molecule has 0 spiro atoms. The van der Waals surface area contributed by atoms with Crippen LogP contribution < -0.4 is 10.1 Å². The fraction of sp³-hybridized carbons (Fsp3) is 0.0476. The molecule has 0 radical (unpaired) electrons. The Kier molecular flexibility index (Phi) is 5.08. The topological polar surface area (TPSA) is 51.2 Å². The largest absolute Gasteiger partial charge is 0.497 e. The molecule has 1 amide bonds. The summed E-state index contributed by atoms with van der Waals surface area (Å²) in [4.78, 5) is 16.5. The Morgan fingerprint density at radius 2 is 1.84 bits per heavy atom. The molecule has 1 aromatic heterocycles. The normalized spacial score (nSPS) is 9.64. The van der Waals surface area contributed by atoms with Crippen LogP contribution in [0.5, 0.6) is 5.75 Å². The number of nitrogens with zero attached hydrogens (tertiary/aromatic N) is 1. The molecule has 4 nitrogen and oxygen atoms in total. The molecule has 0 unspecified atom stereocenters. The summed E-state index contributed by atoms with van der Waals surface area (Å²) in [7, 11) is 1.59. The molecule has 0 fully saturated rings. The van der Waals surface area contributed by atoms with E-state index in [0.717, 1.165) is 5.56 Å². The number of pyridine rings is 1. The van der Waals surface area contributed by atoms with Crippen molar-refractivity contribution in [3.63, 3.8) is 0 Å². The van der Waals surface area contributed by atoms with Crippen LogP contribution in [-0.2, 0) is 0 Å². The molecule has 2 aromatic carbocycles. The van der Waals surface area contributed by atoms with Gasteiger partial charge in [0.25, 0.3) is 5.91 Å². The summed E-state index contributed by atoms with van der Waals surface area (Å²) < 4.78 is 5.09. The van der Waals surface area contributed by atoms with Gasteiger partial charge in [0.1, 0.15) is 11.4 Å². The summed E-state index contributed by atoms with van der Waals surface area (Å²) in [6.07, 6.45) is 1.70. The first-order valence-corrected chi connectivity index (χ1v) is 7.73. The third kappa shape index (κ3) is 4.46. The van der Waals surface area contributed by atoms with Crippen LogP contribution in [0.3, 0.4) is 0 Å². The van der Waals surface area contributed by atoms with Gasteiger partial charge < -0.3 is 10.1 Å². The van der Waals surface area contributed by atoms with Crippen LogP contribution in [0, 0.1) is 11.8 Å². The number of methoxy groups -OCH3 is 1. The molecule has 1 N–H and O–H groups in total. The summed E-state index contributed by atoms with van der Waals surface area (Å²) in [5, 5.41) is 2.87. The zero-order valence-electron chi connectivity index (χ0n) is 13.7. The Balaban J connectivity index is 1.73. The Morgan fingerprint density at radius 3 is 2.56 bits per heavy atom. The molecular weight excluding hydrogens is 312 g/mol. The van der Waals surface area contributed by atoms with E-state index in [0.29, 0.717) is 22.7 Å². The van der Waals surface area contributed by atoms with Crippen molar-refractivity contribution in [1.29, 1.82) is 0 Å². The zero-order valence-corrected chi connectivity index (χ0v) is 13.7. The van der Waals surface area contributed by atoms with E-state index in [2.05, 4.69) is 22.1 Å². The summed E-state index contributed by atoms with van der Waals surface area (Å²) in [6.45, 7) is 0. The average molecular weight is 328 g/mol. The van der Waals surface area contributed by atoms with Crippen molar-refractivity contribution in [3.8, 4) is 17.6 Å². The number of rotatable bonds is 3. The Labute approximate surface area is 146 Å². The van der Waals surface area contributed by atoms with Crippen LogP contribution in [0.1, 0.15) is 21.6 Å². The number of anilines is 1. The highest BCUT2D eigenvalue weighted by atomic mass is 16.5. The lowest BCUT2D eigenvalue weighted by molar-refractivity contribution is 0.102. The van der Waals surface area contributed by atoms with Gasteiger partial charge in [-0.1, -0.05) is 18.1 Å². The number of nitrogens with one attached hydrogen (secondary N) is 1. The molecule has 0 atom stereocenters. The average Bonchev–Trinajstić information content (AvgIpc) is 2.67. The summed E-state index contributed by atoms with van der Waals surface area (Å²) in [5.41, 5.74) is 2.76. The monoisotopic (exact) mass is 328 g/mol. The van der Waals surface area contributed by atoms with E-state index in [1.165, 1.54) is 0 Å². The predicted octanol–water partition coefficient (Wildman–Crippen LogP) is 3.74. The minimum Gasteiger partial charge on any atom is -0.497 e. The molecule has 0 aliphatic rings. The van der Waals surface area contributed by atoms with E-state index >= 15 is 0 Å². The van der Waals surface area contributed by atoms with E-state index in [1.807, 2.05) is 42.5 Å². The van der Waals surface area contributed by atoms with Gasteiger partial charge in [0.2, 0.25) is 0 Å². The summed E-state index contributed by atoms with van der Waals surface area (Å²) in [6, 6.07) is 19.9. The first-order chi connectivity index (χ1) is 12.2. The number of benzene rings is 2. The van der Waals surface area contributed by atoms with Crippen molar-refractivity contribution in [2.45, 2.75) is 0 Å². The van der Waals surface area contributed by atoms with Crippen LogP contribution in [0.2, 0.25) is 0 Å². The molecule has 4 heteroatoms. The van der Waals surface area contributed by atoms with E-state index < -0.39 is 0 Å². The van der Waals surface area contributed by atoms with Crippen molar-refractivity contribution in [3.05, 3.63) is 89.7 Å². The van der Waals surface area contributed by atoms with Gasteiger partial charge >= 0.3 is 0 Å². The molecule has 3 aromatic rings. The van der Waals surface area contributed by atoms with Crippen LogP contribution >= 0.6 is 0 Å². The molecular formula is C21H16N2O2. The fourth-order valence-corrected chi connectivity index (χ4v) is 2.19. The molecule has 0 saturated carbocycles. The van der Waals surface area contributed by atoms with Crippen molar-refractivity contribution in [1.82, 2.24) is 4.98 Å². The number of hydrogen-bond acceptors (Lipinski definition) is 3. The molecule has 3 rings (SSSR count). The van der Waals surface area contributed by atoms with Crippen molar-refractivity contribution in [2.75, 3.05) is 12.4 Å². The smallest absolute Gasteiger partial charge is 0.255 e. The highest BCUT2D eigenvalue weighted by Crippen LogP contribution is 2.15. The molecule has 1 heterocycles. The standard InChI is InChI=1S/C21H16N2O2/c1-25-20-12-9-17(10-13-20)21(24)23-19-7-4-5-16(15-19)8-11-18-6-2-3-14-22-18/h2-7,9-10,12-15H,1H3,(H,23,24). The van der Waals surface area contributed by atoms with E-state index in [9.17, 15) is 4.79 Å². The van der Waals surface area contributed by atoms with Gasteiger partial charge in [0.15, 0.2) is 0 Å². The maximum Gasteiger partial charge on any atom is 0.255 e. The van der Waals surface area contributed by atoms with Gasteiger partial charge in [-0.15, -0.1) is 0 Å². The second kappa shape index (κ2) is 7.80. The third-order valence-corrected chi connectivity index (χ3v) is 3.47. The van der Waals surface area contributed by atoms with E-state index in [4.69, 9.17) is 4.74 Å². The number of carbonyl (C=O) groups is 1. The van der Waals surface area contributed by atoms with Gasteiger partial charge in [-0.2, -0.15) is 0 Å². The van der Waals surface area contributed by atoms with Gasteiger partial charge in [0.05, 0.1) is 7.11 Å². The number of hydrogen-bond donors (Lipinski definition) is 1. The van der Waals surface area contributed by atoms with Gasteiger partial charge in [-0.05, 0) is 60.5 Å². The molecule has 0 aliphatic carbocycles. The highest BCUT2D eigenvalue weighted by Gasteiger charge is 2.06. The zero-order chi connectivity index (χ0) is 17.5. The summed E-state index contributed by atoms with van der Waals surface area (Å²) >= 11 is 0. The molecule has 0 saturated heterocycles. The highest BCUT2D eigenvalue weighted by molar-refractivity contribution is 6.04. The predicted molar refractivity (Wildman–Crippen MR) is 97.6 cm³/mol. The Morgan fingerprint density at radius 1 is 1.00 bits per heavy atom. The maximum atomic E-state index is 12.3. The first kappa shape index (κ1) is 16.3. The molecule has 0 aliphatic heterocycles. The number of carbonyl (C=O) groups excluding carboxylic acids is 1. The van der Waals surface area contributed by atoms with Crippen molar-refractivity contribution >= 4 is 11.6 Å². The van der Waals surface area contributed by atoms with Gasteiger partial charge in [-0.3, -0.25) is 4.79 Å². The minimum atomic E-state index is -0.183. The number of amides is 1. The number of ether oxygens (including phenoxy) is 1. The lowest BCUT2D eigenvalue weighted by Gasteiger charge is -2.06. The third-order valence-electron chi connectivity index (χ3n) is 3.47. The van der Waals surface area contributed by atoms with Crippen molar-refractivity contribution in [2.24, 2.45) is 0 Å². The van der Waals surface area contributed by atoms with Crippen LogP contribution in [0.25, 0.3) is 0 Å².